The Hall–Kier alpha value is -1.69. The molecule has 0 amide bonds. The fourth-order valence-electron chi connectivity index (χ4n) is 3.84. The van der Waals surface area contributed by atoms with Crippen LogP contribution in [0.5, 0.6) is 0 Å². The van der Waals surface area contributed by atoms with Gasteiger partial charge in [0.2, 0.25) is 5.89 Å². The SMILES string of the molecule is Cc1nc(CN2CCCC2c2nnc3n2CCCCC3)oc1C. The predicted molar refractivity (Wildman–Crippen MR) is 85.9 cm³/mol. The summed E-state index contributed by atoms with van der Waals surface area (Å²) < 4.78 is 8.16. The van der Waals surface area contributed by atoms with Crippen molar-refractivity contribution in [2.45, 2.75) is 71.5 Å². The van der Waals surface area contributed by atoms with Gasteiger partial charge in [-0.05, 0) is 46.1 Å². The van der Waals surface area contributed by atoms with Crippen LogP contribution in [0, 0.1) is 13.8 Å². The van der Waals surface area contributed by atoms with Crippen molar-refractivity contribution in [3.8, 4) is 0 Å². The van der Waals surface area contributed by atoms with Gasteiger partial charge in [0.1, 0.15) is 17.4 Å². The van der Waals surface area contributed by atoms with Gasteiger partial charge in [0, 0.05) is 13.0 Å². The largest absolute Gasteiger partial charge is 0.444 e. The molecule has 4 heterocycles. The molecule has 0 saturated carbocycles. The molecule has 124 valence electrons. The highest BCUT2D eigenvalue weighted by Crippen LogP contribution is 2.33. The first-order valence-electron chi connectivity index (χ1n) is 8.81. The van der Waals surface area contributed by atoms with Crippen molar-refractivity contribution < 1.29 is 4.42 Å². The lowest BCUT2D eigenvalue weighted by Gasteiger charge is -2.23. The molecule has 6 heteroatoms. The second kappa shape index (κ2) is 6.07. The van der Waals surface area contributed by atoms with E-state index in [1.54, 1.807) is 0 Å². The van der Waals surface area contributed by atoms with E-state index in [-0.39, 0.29) is 0 Å². The monoisotopic (exact) mass is 315 g/mol. The maximum absolute atomic E-state index is 5.78. The molecule has 6 nitrogen and oxygen atoms in total. The Morgan fingerprint density at radius 2 is 2.00 bits per heavy atom. The van der Waals surface area contributed by atoms with Crippen LogP contribution in [0.25, 0.3) is 0 Å². The zero-order valence-electron chi connectivity index (χ0n) is 14.1. The zero-order valence-corrected chi connectivity index (χ0v) is 14.1. The summed E-state index contributed by atoms with van der Waals surface area (Å²) >= 11 is 0. The molecule has 0 aliphatic carbocycles. The summed E-state index contributed by atoms with van der Waals surface area (Å²) in [4.78, 5) is 6.99. The number of nitrogens with zero attached hydrogens (tertiary/aromatic N) is 5. The van der Waals surface area contributed by atoms with E-state index < -0.39 is 0 Å². The van der Waals surface area contributed by atoms with Crippen molar-refractivity contribution in [3.63, 3.8) is 0 Å². The Kier molecular flexibility index (Phi) is 3.93. The molecular formula is C17H25N5O. The van der Waals surface area contributed by atoms with E-state index in [0.29, 0.717) is 6.04 Å². The van der Waals surface area contributed by atoms with Crippen LogP contribution in [0.3, 0.4) is 0 Å². The summed E-state index contributed by atoms with van der Waals surface area (Å²) in [5.41, 5.74) is 0.993. The molecule has 0 spiro atoms. The van der Waals surface area contributed by atoms with Crippen molar-refractivity contribution in [2.75, 3.05) is 6.54 Å². The highest BCUT2D eigenvalue weighted by molar-refractivity contribution is 5.08. The number of likely N-dealkylation sites (tertiary alicyclic amines) is 1. The van der Waals surface area contributed by atoms with E-state index >= 15 is 0 Å². The van der Waals surface area contributed by atoms with Crippen LogP contribution >= 0.6 is 0 Å². The maximum atomic E-state index is 5.78. The van der Waals surface area contributed by atoms with E-state index in [9.17, 15) is 0 Å². The minimum Gasteiger partial charge on any atom is -0.444 e. The molecule has 0 aromatic carbocycles. The molecular weight excluding hydrogens is 290 g/mol. The van der Waals surface area contributed by atoms with Gasteiger partial charge in [-0.2, -0.15) is 0 Å². The number of fused-ring (bicyclic) bond motifs is 1. The highest BCUT2D eigenvalue weighted by Gasteiger charge is 2.32. The molecule has 23 heavy (non-hydrogen) atoms. The van der Waals surface area contributed by atoms with Crippen LogP contribution in [0.1, 0.15) is 67.1 Å². The van der Waals surface area contributed by atoms with Crippen LogP contribution in [-0.4, -0.2) is 31.2 Å². The predicted octanol–water partition coefficient (Wildman–Crippen LogP) is 2.95. The van der Waals surface area contributed by atoms with Crippen molar-refractivity contribution in [1.82, 2.24) is 24.6 Å². The van der Waals surface area contributed by atoms with Crippen molar-refractivity contribution >= 4 is 0 Å². The van der Waals surface area contributed by atoms with Crippen molar-refractivity contribution in [1.29, 1.82) is 0 Å². The summed E-state index contributed by atoms with van der Waals surface area (Å²) in [6, 6.07) is 0.349. The second-order valence-corrected chi connectivity index (χ2v) is 6.81. The molecule has 1 fully saturated rings. The van der Waals surface area contributed by atoms with Gasteiger partial charge >= 0.3 is 0 Å². The Morgan fingerprint density at radius 3 is 2.83 bits per heavy atom. The fraction of sp³-hybridized carbons (Fsp3) is 0.706. The van der Waals surface area contributed by atoms with Gasteiger partial charge in [-0.1, -0.05) is 6.42 Å². The zero-order chi connectivity index (χ0) is 15.8. The van der Waals surface area contributed by atoms with Gasteiger partial charge in [-0.15, -0.1) is 10.2 Å². The summed E-state index contributed by atoms with van der Waals surface area (Å²) in [5, 5.41) is 9.02. The third-order valence-corrected chi connectivity index (χ3v) is 5.21. The van der Waals surface area contributed by atoms with Crippen LogP contribution in [0.2, 0.25) is 0 Å². The summed E-state index contributed by atoms with van der Waals surface area (Å²) in [6.45, 7) is 6.89. The van der Waals surface area contributed by atoms with E-state index in [1.165, 1.54) is 31.5 Å². The minimum atomic E-state index is 0.349. The van der Waals surface area contributed by atoms with Crippen molar-refractivity contribution in [3.05, 3.63) is 29.0 Å². The fourth-order valence-corrected chi connectivity index (χ4v) is 3.84. The number of hydrogen-bond acceptors (Lipinski definition) is 5. The molecule has 1 saturated heterocycles. The van der Waals surface area contributed by atoms with E-state index in [0.717, 1.165) is 55.6 Å². The summed E-state index contributed by atoms with van der Waals surface area (Å²) in [7, 11) is 0. The molecule has 4 rings (SSSR count). The normalized spacial score (nSPS) is 22.3. The molecule has 1 unspecified atom stereocenters. The van der Waals surface area contributed by atoms with Gasteiger partial charge in [-0.3, -0.25) is 4.90 Å². The third-order valence-electron chi connectivity index (χ3n) is 5.21. The molecule has 1 atom stereocenters. The molecule has 0 N–H and O–H groups in total. The molecule has 0 radical (unpaired) electrons. The summed E-state index contributed by atoms with van der Waals surface area (Å²) in [6.07, 6.45) is 7.19. The topological polar surface area (TPSA) is 60.0 Å². The molecule has 2 aliphatic rings. The molecule has 2 aromatic heterocycles. The molecule has 2 aliphatic heterocycles. The minimum absolute atomic E-state index is 0.349. The van der Waals surface area contributed by atoms with E-state index in [1.807, 2.05) is 13.8 Å². The standard InChI is InChI=1S/C17H25N5O/c1-12-13(2)23-16(18-12)11-21-9-6-7-14(21)17-20-19-15-8-4-3-5-10-22(15)17/h14H,3-11H2,1-2H3. The van der Waals surface area contributed by atoms with Crippen LogP contribution in [-0.2, 0) is 19.5 Å². The smallest absolute Gasteiger partial charge is 0.208 e. The molecule has 0 bridgehead atoms. The Morgan fingerprint density at radius 1 is 1.09 bits per heavy atom. The highest BCUT2D eigenvalue weighted by atomic mass is 16.4. The molecule has 2 aromatic rings. The van der Waals surface area contributed by atoms with Crippen LogP contribution < -0.4 is 0 Å². The van der Waals surface area contributed by atoms with Crippen LogP contribution in [0.4, 0.5) is 0 Å². The Balaban J connectivity index is 1.57. The number of hydrogen-bond donors (Lipinski definition) is 0. The Labute approximate surface area is 136 Å². The lowest BCUT2D eigenvalue weighted by atomic mass is 10.2. The first-order valence-corrected chi connectivity index (χ1v) is 8.81. The summed E-state index contributed by atoms with van der Waals surface area (Å²) in [5.74, 6) is 4.07. The quantitative estimate of drug-likeness (QED) is 0.871. The van der Waals surface area contributed by atoms with Gasteiger partial charge in [0.15, 0.2) is 0 Å². The van der Waals surface area contributed by atoms with E-state index in [4.69, 9.17) is 4.42 Å². The Bertz CT molecular complexity index is 670. The first kappa shape index (κ1) is 14.9. The average molecular weight is 315 g/mol. The maximum Gasteiger partial charge on any atom is 0.208 e. The van der Waals surface area contributed by atoms with Gasteiger partial charge < -0.3 is 8.98 Å². The number of rotatable bonds is 3. The third kappa shape index (κ3) is 2.80. The van der Waals surface area contributed by atoms with E-state index in [2.05, 4.69) is 24.6 Å². The van der Waals surface area contributed by atoms with Gasteiger partial charge in [0.05, 0.1) is 18.3 Å². The first-order chi connectivity index (χ1) is 11.2. The number of aromatic nitrogens is 4. The van der Waals surface area contributed by atoms with Gasteiger partial charge in [0.25, 0.3) is 0 Å². The number of oxazole rings is 1. The van der Waals surface area contributed by atoms with Gasteiger partial charge in [-0.25, -0.2) is 4.98 Å². The second-order valence-electron chi connectivity index (χ2n) is 6.81. The number of aryl methyl sites for hydroxylation is 3. The average Bonchev–Trinajstić information content (AvgIpc) is 3.16. The lowest BCUT2D eigenvalue weighted by molar-refractivity contribution is 0.210. The lowest BCUT2D eigenvalue weighted by Crippen LogP contribution is -2.25. The van der Waals surface area contributed by atoms with Crippen LogP contribution in [0.15, 0.2) is 4.42 Å². The van der Waals surface area contributed by atoms with Crippen molar-refractivity contribution in [2.24, 2.45) is 0 Å².